The van der Waals surface area contributed by atoms with Crippen molar-refractivity contribution in [1.29, 1.82) is 0 Å². The smallest absolute Gasteiger partial charge is 0.270 e. The van der Waals surface area contributed by atoms with Crippen molar-refractivity contribution in [2.45, 2.75) is 16.9 Å². The summed E-state index contributed by atoms with van der Waals surface area (Å²) in [5, 5.41) is 10.7. The predicted octanol–water partition coefficient (Wildman–Crippen LogP) is 1.40. The van der Waals surface area contributed by atoms with Crippen LogP contribution in [0.25, 0.3) is 0 Å². The Labute approximate surface area is 127 Å². The molecule has 9 heteroatoms. The second-order valence-corrected chi connectivity index (χ2v) is 7.64. The molecule has 1 unspecified atom stereocenters. The lowest BCUT2D eigenvalue weighted by Crippen LogP contribution is -2.44. The lowest BCUT2D eigenvalue weighted by Gasteiger charge is -2.26. The number of methoxy groups -OCH3 is 1. The quantitative estimate of drug-likeness (QED) is 0.624. The lowest BCUT2D eigenvalue weighted by atomic mass is 10.0. The van der Waals surface area contributed by atoms with Crippen LogP contribution >= 0.6 is 11.8 Å². The molecule has 1 saturated heterocycles. The molecule has 1 N–H and O–H groups in total. The summed E-state index contributed by atoms with van der Waals surface area (Å²) in [7, 11) is -2.23. The van der Waals surface area contributed by atoms with Crippen molar-refractivity contribution >= 4 is 27.5 Å². The van der Waals surface area contributed by atoms with Gasteiger partial charge >= 0.3 is 0 Å². The van der Waals surface area contributed by atoms with Crippen molar-refractivity contribution in [2.24, 2.45) is 0 Å². The van der Waals surface area contributed by atoms with Crippen molar-refractivity contribution in [3.8, 4) is 0 Å². The van der Waals surface area contributed by atoms with E-state index in [9.17, 15) is 18.5 Å². The van der Waals surface area contributed by atoms with E-state index in [4.69, 9.17) is 4.74 Å². The molecule has 0 aliphatic carbocycles. The third kappa shape index (κ3) is 3.73. The van der Waals surface area contributed by atoms with Crippen LogP contribution in [0.4, 0.5) is 5.69 Å². The number of ether oxygens (including phenoxy) is 1. The molecule has 0 amide bonds. The van der Waals surface area contributed by atoms with Gasteiger partial charge in [0.15, 0.2) is 0 Å². The third-order valence-electron chi connectivity index (χ3n) is 3.42. The van der Waals surface area contributed by atoms with Gasteiger partial charge in [0.2, 0.25) is 10.0 Å². The molecular formula is C12H16N2O5S2. The van der Waals surface area contributed by atoms with Crippen LogP contribution in [0.5, 0.6) is 0 Å². The summed E-state index contributed by atoms with van der Waals surface area (Å²) in [5.41, 5.74) is -0.755. The molecule has 2 rings (SSSR count). The maximum absolute atomic E-state index is 12.2. The van der Waals surface area contributed by atoms with Gasteiger partial charge in [-0.15, -0.1) is 0 Å². The van der Waals surface area contributed by atoms with E-state index in [1.54, 1.807) is 18.9 Å². The Morgan fingerprint density at radius 3 is 2.86 bits per heavy atom. The fraction of sp³-hybridized carbons (Fsp3) is 0.500. The molecule has 1 aliphatic rings. The molecule has 0 spiro atoms. The third-order valence-corrected chi connectivity index (χ3v) is 6.05. The largest absolute Gasteiger partial charge is 0.376 e. The van der Waals surface area contributed by atoms with E-state index in [-0.39, 0.29) is 17.1 Å². The number of hydrogen-bond donors (Lipinski definition) is 1. The van der Waals surface area contributed by atoms with Gasteiger partial charge in [-0.05, 0) is 18.2 Å². The first-order valence-corrected chi connectivity index (χ1v) is 8.89. The molecular weight excluding hydrogens is 316 g/mol. The summed E-state index contributed by atoms with van der Waals surface area (Å²) in [4.78, 5) is 9.97. The van der Waals surface area contributed by atoms with Gasteiger partial charge in [-0.1, -0.05) is 6.07 Å². The lowest BCUT2D eigenvalue weighted by molar-refractivity contribution is -0.385. The molecule has 1 aliphatic heterocycles. The zero-order valence-corrected chi connectivity index (χ0v) is 13.1. The number of thioether (sulfide) groups is 1. The second kappa shape index (κ2) is 6.30. The van der Waals surface area contributed by atoms with Gasteiger partial charge in [-0.3, -0.25) is 10.1 Å². The number of hydrogen-bond acceptors (Lipinski definition) is 6. The van der Waals surface area contributed by atoms with Crippen LogP contribution in [0, 0.1) is 10.1 Å². The molecule has 1 fully saturated rings. The Bertz CT molecular complexity index is 626. The summed E-state index contributed by atoms with van der Waals surface area (Å²) in [6.45, 7) is 0.154. The Hall–Kier alpha value is -1.16. The Morgan fingerprint density at radius 1 is 1.52 bits per heavy atom. The minimum absolute atomic E-state index is 0.117. The molecule has 1 heterocycles. The molecule has 7 nitrogen and oxygen atoms in total. The van der Waals surface area contributed by atoms with E-state index in [1.807, 2.05) is 0 Å². The van der Waals surface area contributed by atoms with Crippen LogP contribution in [0.3, 0.4) is 0 Å². The molecule has 21 heavy (non-hydrogen) atoms. The van der Waals surface area contributed by atoms with E-state index >= 15 is 0 Å². The van der Waals surface area contributed by atoms with Crippen molar-refractivity contribution in [3.63, 3.8) is 0 Å². The van der Waals surface area contributed by atoms with Gasteiger partial charge in [0, 0.05) is 31.5 Å². The van der Waals surface area contributed by atoms with Crippen molar-refractivity contribution in [3.05, 3.63) is 34.4 Å². The molecule has 0 radical (unpaired) electrons. The number of non-ortho nitro benzene ring substituents is 1. The first-order chi connectivity index (χ1) is 9.88. The maximum atomic E-state index is 12.2. The van der Waals surface area contributed by atoms with Crippen molar-refractivity contribution in [1.82, 2.24) is 4.72 Å². The topological polar surface area (TPSA) is 98.5 Å². The van der Waals surface area contributed by atoms with Gasteiger partial charge in [0.05, 0.1) is 15.4 Å². The molecule has 0 aromatic heterocycles. The van der Waals surface area contributed by atoms with Crippen LogP contribution in [-0.4, -0.2) is 44.1 Å². The average molecular weight is 332 g/mol. The van der Waals surface area contributed by atoms with Crippen molar-refractivity contribution in [2.75, 3.05) is 25.2 Å². The van der Waals surface area contributed by atoms with Gasteiger partial charge in [0.1, 0.15) is 0 Å². The number of nitro groups is 1. The van der Waals surface area contributed by atoms with Gasteiger partial charge in [0.25, 0.3) is 5.69 Å². The van der Waals surface area contributed by atoms with Gasteiger partial charge < -0.3 is 4.74 Å². The number of sulfonamides is 1. The van der Waals surface area contributed by atoms with Crippen LogP contribution in [0.15, 0.2) is 29.2 Å². The fourth-order valence-corrected chi connectivity index (χ4v) is 4.59. The normalized spacial score (nSPS) is 22.3. The van der Waals surface area contributed by atoms with E-state index in [0.717, 1.165) is 24.0 Å². The summed E-state index contributed by atoms with van der Waals surface area (Å²) in [6, 6.07) is 4.98. The zero-order chi connectivity index (χ0) is 15.5. The highest BCUT2D eigenvalue weighted by molar-refractivity contribution is 7.99. The van der Waals surface area contributed by atoms with Gasteiger partial charge in [-0.25, -0.2) is 13.1 Å². The molecule has 1 aromatic carbocycles. The van der Waals surface area contributed by atoms with Crippen LogP contribution < -0.4 is 4.72 Å². The number of nitrogens with one attached hydrogen (secondary N) is 1. The molecule has 1 atom stereocenters. The van der Waals surface area contributed by atoms with Crippen LogP contribution in [0.1, 0.15) is 6.42 Å². The van der Waals surface area contributed by atoms with E-state index < -0.39 is 20.5 Å². The predicted molar refractivity (Wildman–Crippen MR) is 80.0 cm³/mol. The SMILES string of the molecule is COC1(CNS(=O)(=O)c2cccc([N+](=O)[O-])c2)CCSC1. The Kier molecular flexibility index (Phi) is 4.87. The minimum Gasteiger partial charge on any atom is -0.376 e. The Balaban J connectivity index is 2.15. The van der Waals surface area contributed by atoms with E-state index in [1.165, 1.54) is 18.2 Å². The second-order valence-electron chi connectivity index (χ2n) is 4.77. The number of benzene rings is 1. The maximum Gasteiger partial charge on any atom is 0.270 e. The standard InChI is InChI=1S/C12H16N2O5S2/c1-19-12(5-6-20-9-12)8-13-21(17,18)11-4-2-3-10(7-11)14(15)16/h2-4,7,13H,5-6,8-9H2,1H3. The molecule has 116 valence electrons. The van der Waals surface area contributed by atoms with Crippen LogP contribution in [0.2, 0.25) is 0 Å². The molecule has 0 saturated carbocycles. The number of rotatable bonds is 6. The van der Waals surface area contributed by atoms with E-state index in [0.29, 0.717) is 0 Å². The average Bonchev–Trinajstić information content (AvgIpc) is 2.95. The fourth-order valence-electron chi connectivity index (χ4n) is 2.04. The van der Waals surface area contributed by atoms with Gasteiger partial charge in [-0.2, -0.15) is 11.8 Å². The highest BCUT2D eigenvalue weighted by atomic mass is 32.2. The van der Waals surface area contributed by atoms with E-state index in [2.05, 4.69) is 4.72 Å². The van der Waals surface area contributed by atoms with Crippen LogP contribution in [-0.2, 0) is 14.8 Å². The molecule has 0 bridgehead atoms. The monoisotopic (exact) mass is 332 g/mol. The summed E-state index contributed by atoms with van der Waals surface area (Å²) < 4.78 is 32.4. The summed E-state index contributed by atoms with van der Waals surface area (Å²) in [6.07, 6.45) is 0.769. The number of nitro benzene ring substituents is 1. The zero-order valence-electron chi connectivity index (χ0n) is 11.4. The van der Waals surface area contributed by atoms with Crippen molar-refractivity contribution < 1.29 is 18.1 Å². The number of nitrogens with zero attached hydrogens (tertiary/aromatic N) is 1. The summed E-state index contributed by atoms with van der Waals surface area (Å²) in [5.74, 6) is 1.65. The highest BCUT2D eigenvalue weighted by Crippen LogP contribution is 2.30. The minimum atomic E-state index is -3.80. The highest BCUT2D eigenvalue weighted by Gasteiger charge is 2.35. The first-order valence-electron chi connectivity index (χ1n) is 6.26. The summed E-state index contributed by atoms with van der Waals surface area (Å²) >= 11 is 1.71. The Morgan fingerprint density at radius 2 is 2.29 bits per heavy atom. The molecule has 1 aromatic rings. The first kappa shape index (κ1) is 16.2.